The van der Waals surface area contributed by atoms with Gasteiger partial charge >= 0.3 is 0 Å². The zero-order chi connectivity index (χ0) is 16.8. The van der Waals surface area contributed by atoms with Crippen LogP contribution in [-0.2, 0) is 0 Å². The van der Waals surface area contributed by atoms with Crippen LogP contribution in [0.15, 0.2) is 41.5 Å². The maximum atomic E-state index is 13.6. The quantitative estimate of drug-likeness (QED) is 0.673. The molecule has 1 amide bonds. The molecule has 0 saturated heterocycles. The van der Waals surface area contributed by atoms with E-state index >= 15 is 0 Å². The van der Waals surface area contributed by atoms with E-state index in [4.69, 9.17) is 21.1 Å². The summed E-state index contributed by atoms with van der Waals surface area (Å²) in [7, 11) is 2.96. The minimum absolute atomic E-state index is 0.0951. The Kier molecular flexibility index (Phi) is 5.54. The number of nitrogens with zero attached hydrogens (tertiary/aromatic N) is 1. The normalized spacial score (nSPS) is 10.6. The number of amides is 1. The minimum atomic E-state index is -0.529. The Morgan fingerprint density at radius 3 is 2.43 bits per heavy atom. The fourth-order valence-corrected chi connectivity index (χ4v) is 2.00. The lowest BCUT2D eigenvalue weighted by Crippen LogP contribution is -2.18. The smallest absolute Gasteiger partial charge is 0.271 e. The summed E-state index contributed by atoms with van der Waals surface area (Å²) in [6.07, 6.45) is 1.15. The molecule has 0 atom stereocenters. The van der Waals surface area contributed by atoms with E-state index in [1.807, 2.05) is 0 Å². The Morgan fingerprint density at radius 1 is 1.22 bits per heavy atom. The number of hydrogen-bond acceptors (Lipinski definition) is 4. The lowest BCUT2D eigenvalue weighted by Gasteiger charge is -2.07. The van der Waals surface area contributed by atoms with Gasteiger partial charge in [-0.2, -0.15) is 5.10 Å². The van der Waals surface area contributed by atoms with Crippen molar-refractivity contribution in [1.82, 2.24) is 5.43 Å². The molecule has 1 N–H and O–H groups in total. The minimum Gasteiger partial charge on any atom is -0.497 e. The highest BCUT2D eigenvalue weighted by molar-refractivity contribution is 6.33. The second-order valence-electron chi connectivity index (χ2n) is 4.44. The van der Waals surface area contributed by atoms with Crippen LogP contribution in [0.25, 0.3) is 0 Å². The molecular weight excluding hydrogens is 323 g/mol. The molecule has 0 aliphatic heterocycles. The van der Waals surface area contributed by atoms with E-state index in [0.29, 0.717) is 11.5 Å². The van der Waals surface area contributed by atoms with Crippen LogP contribution in [0.1, 0.15) is 15.9 Å². The van der Waals surface area contributed by atoms with Crippen molar-refractivity contribution in [2.45, 2.75) is 0 Å². The molecule has 0 spiro atoms. The molecule has 7 heteroatoms. The van der Waals surface area contributed by atoms with Crippen LogP contribution in [0.4, 0.5) is 4.39 Å². The molecule has 2 rings (SSSR count). The lowest BCUT2D eigenvalue weighted by atomic mass is 10.2. The Labute approximate surface area is 137 Å². The predicted molar refractivity (Wildman–Crippen MR) is 86.0 cm³/mol. The van der Waals surface area contributed by atoms with Gasteiger partial charge in [-0.3, -0.25) is 4.79 Å². The summed E-state index contributed by atoms with van der Waals surface area (Å²) in [6, 6.07) is 8.96. The van der Waals surface area contributed by atoms with E-state index in [9.17, 15) is 9.18 Å². The third kappa shape index (κ3) is 4.20. The van der Waals surface area contributed by atoms with Gasteiger partial charge in [-0.25, -0.2) is 9.82 Å². The van der Waals surface area contributed by atoms with Gasteiger partial charge in [0.1, 0.15) is 17.3 Å². The van der Waals surface area contributed by atoms with Crippen LogP contribution >= 0.6 is 11.6 Å². The van der Waals surface area contributed by atoms with E-state index < -0.39 is 11.7 Å². The average molecular weight is 337 g/mol. The summed E-state index contributed by atoms with van der Waals surface area (Å²) >= 11 is 5.86. The second kappa shape index (κ2) is 7.60. The third-order valence-corrected chi connectivity index (χ3v) is 3.30. The standard InChI is InChI=1S/C16H14ClFN2O3/c1-22-11-6-10(7-12(8-11)23-2)16(21)20-19-9-13-14(17)4-3-5-15(13)18/h3-9H,1-2H3,(H,20,21)/b19-9+. The molecule has 120 valence electrons. The van der Waals surface area contributed by atoms with Gasteiger partial charge in [0.05, 0.1) is 25.5 Å². The monoisotopic (exact) mass is 336 g/mol. The number of methoxy groups -OCH3 is 2. The van der Waals surface area contributed by atoms with Crippen LogP contribution in [0.2, 0.25) is 5.02 Å². The zero-order valence-electron chi connectivity index (χ0n) is 12.5. The van der Waals surface area contributed by atoms with Gasteiger partial charge in [-0.1, -0.05) is 17.7 Å². The van der Waals surface area contributed by atoms with E-state index in [1.165, 1.54) is 44.6 Å². The molecule has 23 heavy (non-hydrogen) atoms. The fourth-order valence-electron chi connectivity index (χ4n) is 1.79. The summed E-state index contributed by atoms with van der Waals surface area (Å²) < 4.78 is 23.7. The van der Waals surface area contributed by atoms with Gasteiger partial charge in [0, 0.05) is 17.2 Å². The first-order valence-corrected chi connectivity index (χ1v) is 6.93. The maximum absolute atomic E-state index is 13.6. The van der Waals surface area contributed by atoms with Crippen molar-refractivity contribution in [3.8, 4) is 11.5 Å². The Hall–Kier alpha value is -2.60. The van der Waals surface area contributed by atoms with Gasteiger partial charge in [0.25, 0.3) is 5.91 Å². The largest absolute Gasteiger partial charge is 0.497 e. The molecule has 0 heterocycles. The molecule has 0 aliphatic rings. The Balaban J connectivity index is 2.15. The number of hydrazone groups is 1. The van der Waals surface area contributed by atoms with E-state index in [1.54, 1.807) is 6.07 Å². The van der Waals surface area contributed by atoms with Crippen LogP contribution in [-0.4, -0.2) is 26.3 Å². The van der Waals surface area contributed by atoms with E-state index in [-0.39, 0.29) is 16.1 Å². The predicted octanol–water partition coefficient (Wildman–Crippen LogP) is 3.26. The highest BCUT2D eigenvalue weighted by Gasteiger charge is 2.09. The molecule has 5 nitrogen and oxygen atoms in total. The van der Waals surface area contributed by atoms with Gasteiger partial charge < -0.3 is 9.47 Å². The number of carbonyl (C=O) groups excluding carboxylic acids is 1. The van der Waals surface area contributed by atoms with E-state index in [0.717, 1.165) is 6.21 Å². The van der Waals surface area contributed by atoms with Gasteiger partial charge in [0.15, 0.2) is 0 Å². The number of ether oxygens (including phenoxy) is 2. The molecule has 2 aromatic rings. The first-order chi connectivity index (χ1) is 11.0. The van der Waals surface area contributed by atoms with Gasteiger partial charge in [-0.15, -0.1) is 0 Å². The molecule has 2 aromatic carbocycles. The average Bonchev–Trinajstić information content (AvgIpc) is 2.56. The molecule has 0 saturated carbocycles. The van der Waals surface area contributed by atoms with Crippen molar-refractivity contribution in [2.24, 2.45) is 5.10 Å². The van der Waals surface area contributed by atoms with E-state index in [2.05, 4.69) is 10.5 Å². The number of halogens is 2. The lowest BCUT2D eigenvalue weighted by molar-refractivity contribution is 0.0954. The Morgan fingerprint density at radius 2 is 1.87 bits per heavy atom. The summed E-state index contributed by atoms with van der Waals surface area (Å²) in [6.45, 7) is 0. The molecule has 0 aromatic heterocycles. The molecule has 0 bridgehead atoms. The molecular formula is C16H14ClFN2O3. The van der Waals surface area contributed by atoms with Crippen LogP contribution in [0, 0.1) is 5.82 Å². The SMILES string of the molecule is COc1cc(OC)cc(C(=O)N/N=C/c2c(F)cccc2Cl)c1. The maximum Gasteiger partial charge on any atom is 0.271 e. The van der Waals surface area contributed by atoms with Crippen molar-refractivity contribution in [2.75, 3.05) is 14.2 Å². The highest BCUT2D eigenvalue weighted by atomic mass is 35.5. The number of hydrogen-bond donors (Lipinski definition) is 1. The van der Waals surface area contributed by atoms with Crippen LogP contribution < -0.4 is 14.9 Å². The third-order valence-electron chi connectivity index (χ3n) is 2.97. The van der Waals surface area contributed by atoms with Crippen molar-refractivity contribution in [3.05, 3.63) is 58.4 Å². The van der Waals surface area contributed by atoms with Crippen molar-refractivity contribution in [3.63, 3.8) is 0 Å². The summed E-state index contributed by atoms with van der Waals surface area (Å²) in [5.74, 6) is -0.0873. The topological polar surface area (TPSA) is 59.9 Å². The summed E-state index contributed by atoms with van der Waals surface area (Å²) in [5.41, 5.74) is 2.68. The van der Waals surface area contributed by atoms with Gasteiger partial charge in [0.2, 0.25) is 0 Å². The first-order valence-electron chi connectivity index (χ1n) is 6.55. The zero-order valence-corrected chi connectivity index (χ0v) is 13.2. The molecule has 0 fully saturated rings. The van der Waals surface area contributed by atoms with Gasteiger partial charge in [-0.05, 0) is 24.3 Å². The first kappa shape index (κ1) is 16.8. The molecule has 0 unspecified atom stereocenters. The summed E-state index contributed by atoms with van der Waals surface area (Å²) in [4.78, 5) is 12.1. The number of benzene rings is 2. The summed E-state index contributed by atoms with van der Waals surface area (Å²) in [5, 5.41) is 3.92. The molecule has 0 radical (unpaired) electrons. The Bertz CT molecular complexity index is 708. The van der Waals surface area contributed by atoms with Crippen molar-refractivity contribution in [1.29, 1.82) is 0 Å². The fraction of sp³-hybridized carbons (Fsp3) is 0.125. The number of rotatable bonds is 5. The van der Waals surface area contributed by atoms with Crippen molar-refractivity contribution >= 4 is 23.7 Å². The second-order valence-corrected chi connectivity index (χ2v) is 4.84. The number of carbonyl (C=O) groups is 1. The molecule has 0 aliphatic carbocycles. The number of nitrogens with one attached hydrogen (secondary N) is 1. The van der Waals surface area contributed by atoms with Crippen molar-refractivity contribution < 1.29 is 18.7 Å². The van der Waals surface area contributed by atoms with Crippen LogP contribution in [0.3, 0.4) is 0 Å². The van der Waals surface area contributed by atoms with Crippen LogP contribution in [0.5, 0.6) is 11.5 Å². The highest BCUT2D eigenvalue weighted by Crippen LogP contribution is 2.22.